The van der Waals surface area contributed by atoms with Crippen LogP contribution in [-0.4, -0.2) is 12.2 Å². The van der Waals surface area contributed by atoms with Crippen molar-refractivity contribution < 1.29 is 19.6 Å². The van der Waals surface area contributed by atoms with Crippen LogP contribution < -0.4 is 10.1 Å². The third kappa shape index (κ3) is 4.50. The Morgan fingerprint density at radius 1 is 0.960 bits per heavy atom. The van der Waals surface area contributed by atoms with Gasteiger partial charge in [-0.15, -0.1) is 0 Å². The Balaban J connectivity index is 1.56. The zero-order chi connectivity index (χ0) is 17.6. The number of rotatable bonds is 7. The monoisotopic (exact) mass is 338 g/mol. The Labute approximate surface area is 148 Å². The number of nitrogens with two attached hydrogens (primary N) is 1. The minimum atomic E-state index is -0.450. The molecule has 1 heterocycles. The molecule has 0 spiro atoms. The van der Waals surface area contributed by atoms with Crippen LogP contribution >= 0.6 is 0 Å². The molecule has 4 nitrogen and oxygen atoms in total. The molecule has 0 radical (unpaired) electrons. The van der Waals surface area contributed by atoms with E-state index in [4.69, 9.17) is 9.15 Å². The molecule has 3 rings (SSSR count). The molecule has 130 valence electrons. The Morgan fingerprint density at radius 2 is 1.68 bits per heavy atom. The van der Waals surface area contributed by atoms with Gasteiger partial charge in [0.1, 0.15) is 24.6 Å². The summed E-state index contributed by atoms with van der Waals surface area (Å²) in [7, 11) is 1.67. The van der Waals surface area contributed by atoms with Gasteiger partial charge in [-0.1, -0.05) is 24.3 Å². The van der Waals surface area contributed by atoms with Crippen molar-refractivity contribution in [2.75, 3.05) is 7.11 Å². The molecule has 2 aromatic carbocycles. The van der Waals surface area contributed by atoms with Gasteiger partial charge in [-0.2, -0.15) is 0 Å². The number of aliphatic hydroxyl groups is 1. The van der Waals surface area contributed by atoms with E-state index in [-0.39, 0.29) is 0 Å². The summed E-state index contributed by atoms with van der Waals surface area (Å²) in [5, 5.41) is 11.8. The molecule has 0 aliphatic heterocycles. The number of furan rings is 1. The van der Waals surface area contributed by atoms with Crippen LogP contribution in [0.15, 0.2) is 65.1 Å². The largest absolute Gasteiger partial charge is 0.497 e. The highest BCUT2D eigenvalue weighted by molar-refractivity contribution is 5.58. The van der Waals surface area contributed by atoms with E-state index in [0.29, 0.717) is 0 Å². The third-order valence-corrected chi connectivity index (χ3v) is 4.22. The zero-order valence-electron chi connectivity index (χ0n) is 14.6. The molecule has 0 unspecified atom stereocenters. The zero-order valence-corrected chi connectivity index (χ0v) is 14.6. The van der Waals surface area contributed by atoms with Gasteiger partial charge in [0, 0.05) is 11.1 Å². The smallest absolute Gasteiger partial charge is 0.158 e. The summed E-state index contributed by atoms with van der Waals surface area (Å²) in [6, 6.07) is 19.9. The second-order valence-corrected chi connectivity index (χ2v) is 6.11. The van der Waals surface area contributed by atoms with Crippen LogP contribution in [-0.2, 0) is 13.1 Å². The lowest BCUT2D eigenvalue weighted by Gasteiger charge is -2.05. The molecule has 0 aliphatic rings. The van der Waals surface area contributed by atoms with Crippen molar-refractivity contribution in [3.8, 4) is 17.1 Å². The van der Waals surface area contributed by atoms with E-state index < -0.39 is 6.10 Å². The molecule has 0 saturated carbocycles. The average molecular weight is 338 g/mol. The number of methoxy groups -OCH3 is 1. The molecule has 3 aromatic rings. The van der Waals surface area contributed by atoms with Crippen LogP contribution in [0.3, 0.4) is 0 Å². The second kappa shape index (κ2) is 8.01. The van der Waals surface area contributed by atoms with Crippen LogP contribution in [0.1, 0.15) is 29.9 Å². The summed E-state index contributed by atoms with van der Waals surface area (Å²) in [6.45, 7) is 3.44. The van der Waals surface area contributed by atoms with E-state index in [1.165, 1.54) is 5.56 Å². The first-order valence-electron chi connectivity index (χ1n) is 8.47. The minimum Gasteiger partial charge on any atom is -0.497 e. The van der Waals surface area contributed by atoms with Crippen molar-refractivity contribution in [2.24, 2.45) is 0 Å². The maximum Gasteiger partial charge on any atom is 0.158 e. The number of benzene rings is 2. The SMILES string of the molecule is COc1ccc(C[NH2+]Cc2ccc(-c3ccc([C@@H](C)O)cc3)o2)cc1. The number of hydrogen-bond acceptors (Lipinski definition) is 3. The molecule has 0 aliphatic carbocycles. The fraction of sp³-hybridized carbons (Fsp3) is 0.238. The van der Waals surface area contributed by atoms with Gasteiger partial charge in [0.05, 0.1) is 13.2 Å². The normalized spacial score (nSPS) is 12.1. The van der Waals surface area contributed by atoms with Crippen molar-refractivity contribution >= 4 is 0 Å². The van der Waals surface area contributed by atoms with E-state index in [2.05, 4.69) is 17.4 Å². The lowest BCUT2D eigenvalue weighted by Crippen LogP contribution is -2.80. The predicted octanol–water partition coefficient (Wildman–Crippen LogP) is 3.27. The summed E-state index contributed by atoms with van der Waals surface area (Å²) in [6.07, 6.45) is -0.450. The standard InChI is InChI=1S/C21H23NO3/c1-15(23)17-5-7-18(8-6-17)21-12-11-20(25-21)14-22-13-16-3-9-19(24-2)10-4-16/h3-12,15,22-23H,13-14H2,1-2H3/p+1/t15-/m1/s1. The number of ether oxygens (including phenoxy) is 1. The van der Waals surface area contributed by atoms with Crippen molar-refractivity contribution in [1.82, 2.24) is 0 Å². The van der Waals surface area contributed by atoms with E-state index in [1.807, 2.05) is 48.5 Å². The Morgan fingerprint density at radius 3 is 2.32 bits per heavy atom. The average Bonchev–Trinajstić information content (AvgIpc) is 3.11. The minimum absolute atomic E-state index is 0.450. The number of quaternary nitrogens is 1. The molecule has 0 saturated heterocycles. The van der Waals surface area contributed by atoms with Crippen molar-refractivity contribution in [3.05, 3.63) is 77.6 Å². The first kappa shape index (κ1) is 17.3. The third-order valence-electron chi connectivity index (χ3n) is 4.22. The van der Waals surface area contributed by atoms with Crippen LogP contribution in [0.25, 0.3) is 11.3 Å². The maximum absolute atomic E-state index is 9.58. The number of aliphatic hydroxyl groups excluding tert-OH is 1. The van der Waals surface area contributed by atoms with Gasteiger partial charge in [-0.3, -0.25) is 0 Å². The summed E-state index contributed by atoms with van der Waals surface area (Å²) in [5.74, 6) is 2.68. The second-order valence-electron chi connectivity index (χ2n) is 6.11. The molecular weight excluding hydrogens is 314 g/mol. The molecule has 3 N–H and O–H groups in total. The molecule has 25 heavy (non-hydrogen) atoms. The fourth-order valence-corrected chi connectivity index (χ4v) is 2.71. The maximum atomic E-state index is 9.58. The van der Waals surface area contributed by atoms with E-state index in [0.717, 1.165) is 41.5 Å². The van der Waals surface area contributed by atoms with Gasteiger partial charge in [0.2, 0.25) is 0 Å². The molecular formula is C21H24NO3+. The molecule has 1 aromatic heterocycles. The van der Waals surface area contributed by atoms with E-state index in [9.17, 15) is 5.11 Å². The quantitative estimate of drug-likeness (QED) is 0.695. The number of hydrogen-bond donors (Lipinski definition) is 2. The van der Waals surface area contributed by atoms with Gasteiger partial charge >= 0.3 is 0 Å². The van der Waals surface area contributed by atoms with Gasteiger partial charge in [0.25, 0.3) is 0 Å². The van der Waals surface area contributed by atoms with Crippen LogP contribution in [0.5, 0.6) is 5.75 Å². The van der Waals surface area contributed by atoms with Crippen molar-refractivity contribution in [2.45, 2.75) is 26.1 Å². The highest BCUT2D eigenvalue weighted by atomic mass is 16.5. The lowest BCUT2D eigenvalue weighted by molar-refractivity contribution is -0.687. The molecule has 1 atom stereocenters. The molecule has 0 bridgehead atoms. The lowest BCUT2D eigenvalue weighted by atomic mass is 10.1. The van der Waals surface area contributed by atoms with Gasteiger partial charge in [-0.05, 0) is 48.9 Å². The molecule has 4 heteroatoms. The van der Waals surface area contributed by atoms with Crippen LogP contribution in [0.4, 0.5) is 0 Å². The fourth-order valence-electron chi connectivity index (χ4n) is 2.71. The van der Waals surface area contributed by atoms with Gasteiger partial charge < -0.3 is 19.6 Å². The highest BCUT2D eigenvalue weighted by Gasteiger charge is 2.07. The topological polar surface area (TPSA) is 59.2 Å². The first-order chi connectivity index (χ1) is 12.2. The van der Waals surface area contributed by atoms with E-state index >= 15 is 0 Å². The van der Waals surface area contributed by atoms with Crippen molar-refractivity contribution in [3.63, 3.8) is 0 Å². The Kier molecular flexibility index (Phi) is 5.53. The molecule has 0 fully saturated rings. The highest BCUT2D eigenvalue weighted by Crippen LogP contribution is 2.24. The summed E-state index contributed by atoms with van der Waals surface area (Å²) in [4.78, 5) is 0. The summed E-state index contributed by atoms with van der Waals surface area (Å²) < 4.78 is 11.1. The Hall–Kier alpha value is -2.56. The van der Waals surface area contributed by atoms with Gasteiger partial charge in [-0.25, -0.2) is 0 Å². The van der Waals surface area contributed by atoms with Crippen LogP contribution in [0.2, 0.25) is 0 Å². The summed E-state index contributed by atoms with van der Waals surface area (Å²) >= 11 is 0. The first-order valence-corrected chi connectivity index (χ1v) is 8.47. The van der Waals surface area contributed by atoms with Crippen molar-refractivity contribution in [1.29, 1.82) is 0 Å². The summed E-state index contributed by atoms with van der Waals surface area (Å²) in [5.41, 5.74) is 3.18. The van der Waals surface area contributed by atoms with Crippen LogP contribution in [0, 0.1) is 0 Å². The van der Waals surface area contributed by atoms with E-state index in [1.54, 1.807) is 14.0 Å². The Bertz CT molecular complexity index is 789. The predicted molar refractivity (Wildman–Crippen MR) is 97.1 cm³/mol. The van der Waals surface area contributed by atoms with Gasteiger partial charge in [0.15, 0.2) is 5.76 Å². The molecule has 0 amide bonds.